The average molecular weight is 288 g/mol. The third kappa shape index (κ3) is 2.95. The molecule has 1 fully saturated rings. The van der Waals surface area contributed by atoms with Crippen molar-refractivity contribution in [1.29, 1.82) is 0 Å². The van der Waals surface area contributed by atoms with Crippen LogP contribution in [-0.2, 0) is 6.42 Å². The molecule has 0 aromatic heterocycles. The summed E-state index contributed by atoms with van der Waals surface area (Å²) in [7, 11) is 1.75. The number of methoxy groups -OCH3 is 1. The highest BCUT2D eigenvalue weighted by Crippen LogP contribution is 2.36. The van der Waals surface area contributed by atoms with Gasteiger partial charge in [0.15, 0.2) is 0 Å². The molecule has 3 rings (SSSR count). The van der Waals surface area contributed by atoms with Gasteiger partial charge in [-0.2, -0.15) is 0 Å². The molecule has 21 heavy (non-hydrogen) atoms. The van der Waals surface area contributed by atoms with Crippen LogP contribution < -0.4 is 10.1 Å². The van der Waals surface area contributed by atoms with Crippen molar-refractivity contribution in [2.45, 2.75) is 45.2 Å². The molecule has 0 spiro atoms. The highest BCUT2D eigenvalue weighted by atomic mass is 16.5. The van der Waals surface area contributed by atoms with E-state index < -0.39 is 0 Å². The summed E-state index contributed by atoms with van der Waals surface area (Å²) in [6, 6.07) is 7.72. The summed E-state index contributed by atoms with van der Waals surface area (Å²) in [5.41, 5.74) is 2.94. The minimum atomic E-state index is 0.468. The fraction of sp³-hybridized carbons (Fsp3) is 0.667. The zero-order chi connectivity index (χ0) is 14.8. The van der Waals surface area contributed by atoms with Crippen molar-refractivity contribution in [2.75, 3.05) is 26.7 Å². The van der Waals surface area contributed by atoms with Crippen LogP contribution in [0.15, 0.2) is 18.2 Å². The normalized spacial score (nSPS) is 29.4. The van der Waals surface area contributed by atoms with E-state index in [1.54, 1.807) is 7.11 Å². The molecule has 3 unspecified atom stereocenters. The third-order valence-corrected chi connectivity index (χ3v) is 5.13. The number of nitrogens with zero attached hydrogens (tertiary/aromatic N) is 1. The van der Waals surface area contributed by atoms with Crippen molar-refractivity contribution < 1.29 is 4.74 Å². The van der Waals surface area contributed by atoms with Gasteiger partial charge in [0.05, 0.1) is 7.11 Å². The Hall–Kier alpha value is -1.06. The number of aryl methyl sites for hydroxylation is 1. The standard InChI is InChI=1S/C18H28N2O/c1-4-19-18-16-7-6-15(21-3)11-14(16)5-8-17(18)20-10-9-13(2)12-20/h6-7,11,13,17-19H,4-5,8-10,12H2,1-3H3. The second-order valence-electron chi connectivity index (χ2n) is 6.59. The largest absolute Gasteiger partial charge is 0.497 e. The van der Waals surface area contributed by atoms with Gasteiger partial charge in [0.2, 0.25) is 0 Å². The number of ether oxygens (including phenoxy) is 1. The Morgan fingerprint density at radius 3 is 2.86 bits per heavy atom. The van der Waals surface area contributed by atoms with E-state index in [0.29, 0.717) is 12.1 Å². The van der Waals surface area contributed by atoms with Gasteiger partial charge in [0.1, 0.15) is 5.75 Å². The van der Waals surface area contributed by atoms with E-state index in [4.69, 9.17) is 4.74 Å². The van der Waals surface area contributed by atoms with Crippen molar-refractivity contribution in [3.63, 3.8) is 0 Å². The second kappa shape index (κ2) is 6.37. The fourth-order valence-electron chi connectivity index (χ4n) is 4.04. The third-order valence-electron chi connectivity index (χ3n) is 5.13. The molecule has 3 atom stereocenters. The molecular weight excluding hydrogens is 260 g/mol. The van der Waals surface area contributed by atoms with Gasteiger partial charge in [0.25, 0.3) is 0 Å². The molecule has 3 heteroatoms. The fourth-order valence-corrected chi connectivity index (χ4v) is 4.04. The Bertz CT molecular complexity index is 488. The van der Waals surface area contributed by atoms with Crippen molar-refractivity contribution in [3.8, 4) is 5.75 Å². The first-order chi connectivity index (χ1) is 10.2. The van der Waals surface area contributed by atoms with Gasteiger partial charge in [0, 0.05) is 18.6 Å². The topological polar surface area (TPSA) is 24.5 Å². The zero-order valence-corrected chi connectivity index (χ0v) is 13.6. The van der Waals surface area contributed by atoms with Crippen LogP contribution in [0.4, 0.5) is 0 Å². The monoisotopic (exact) mass is 288 g/mol. The lowest BCUT2D eigenvalue weighted by Gasteiger charge is -2.40. The number of rotatable bonds is 4. The lowest BCUT2D eigenvalue weighted by atomic mass is 9.83. The molecule has 0 radical (unpaired) electrons. The zero-order valence-electron chi connectivity index (χ0n) is 13.6. The van der Waals surface area contributed by atoms with Crippen LogP contribution in [0.25, 0.3) is 0 Å². The van der Waals surface area contributed by atoms with Crippen LogP contribution in [0.2, 0.25) is 0 Å². The van der Waals surface area contributed by atoms with E-state index in [2.05, 4.69) is 42.3 Å². The number of likely N-dealkylation sites (N-methyl/N-ethyl adjacent to an activating group) is 1. The Morgan fingerprint density at radius 2 is 2.19 bits per heavy atom. The van der Waals surface area contributed by atoms with Gasteiger partial charge in [-0.05, 0) is 61.5 Å². The van der Waals surface area contributed by atoms with Gasteiger partial charge in [-0.1, -0.05) is 19.9 Å². The van der Waals surface area contributed by atoms with Gasteiger partial charge in [-0.25, -0.2) is 0 Å². The Morgan fingerprint density at radius 1 is 1.33 bits per heavy atom. The van der Waals surface area contributed by atoms with E-state index >= 15 is 0 Å². The van der Waals surface area contributed by atoms with Crippen molar-refractivity contribution in [1.82, 2.24) is 10.2 Å². The van der Waals surface area contributed by atoms with Crippen molar-refractivity contribution >= 4 is 0 Å². The van der Waals surface area contributed by atoms with Crippen LogP contribution in [0.3, 0.4) is 0 Å². The maximum atomic E-state index is 5.39. The second-order valence-corrected chi connectivity index (χ2v) is 6.59. The molecule has 1 aliphatic heterocycles. The number of benzene rings is 1. The number of hydrogen-bond acceptors (Lipinski definition) is 3. The SMILES string of the molecule is CCNC1c2ccc(OC)cc2CCC1N1CCC(C)C1. The molecule has 1 aliphatic carbocycles. The predicted octanol–water partition coefficient (Wildman–Crippen LogP) is 3.00. The lowest BCUT2D eigenvalue weighted by Crippen LogP contribution is -2.46. The minimum Gasteiger partial charge on any atom is -0.497 e. The number of fused-ring (bicyclic) bond motifs is 1. The van der Waals surface area contributed by atoms with Gasteiger partial charge in [-0.15, -0.1) is 0 Å². The molecule has 2 aliphatic rings. The Kier molecular flexibility index (Phi) is 4.51. The Labute approximate surface area is 128 Å². The molecule has 1 heterocycles. The summed E-state index contributed by atoms with van der Waals surface area (Å²) in [6.45, 7) is 8.14. The molecule has 0 amide bonds. The smallest absolute Gasteiger partial charge is 0.119 e. The average Bonchev–Trinajstić information content (AvgIpc) is 2.93. The van der Waals surface area contributed by atoms with Gasteiger partial charge < -0.3 is 10.1 Å². The number of hydrogen-bond donors (Lipinski definition) is 1. The van der Waals surface area contributed by atoms with Crippen LogP contribution in [0.5, 0.6) is 5.75 Å². The quantitative estimate of drug-likeness (QED) is 0.922. The molecule has 0 bridgehead atoms. The molecule has 116 valence electrons. The van der Waals surface area contributed by atoms with E-state index in [-0.39, 0.29) is 0 Å². The van der Waals surface area contributed by atoms with Crippen LogP contribution in [0.1, 0.15) is 43.9 Å². The highest BCUT2D eigenvalue weighted by molar-refractivity contribution is 5.40. The summed E-state index contributed by atoms with van der Waals surface area (Å²) in [4.78, 5) is 2.71. The first-order valence-electron chi connectivity index (χ1n) is 8.37. The van der Waals surface area contributed by atoms with E-state index in [0.717, 1.165) is 18.2 Å². The lowest BCUT2D eigenvalue weighted by molar-refractivity contribution is 0.168. The first kappa shape index (κ1) is 14.9. The van der Waals surface area contributed by atoms with E-state index in [1.165, 1.54) is 43.5 Å². The summed E-state index contributed by atoms with van der Waals surface area (Å²) in [6.07, 6.45) is 3.78. The van der Waals surface area contributed by atoms with E-state index in [9.17, 15) is 0 Å². The predicted molar refractivity (Wildman–Crippen MR) is 86.9 cm³/mol. The number of likely N-dealkylation sites (tertiary alicyclic amines) is 1. The van der Waals surface area contributed by atoms with Crippen LogP contribution in [0, 0.1) is 5.92 Å². The molecule has 1 aromatic carbocycles. The maximum absolute atomic E-state index is 5.39. The molecule has 1 N–H and O–H groups in total. The molecule has 1 aromatic rings. The molecular formula is C18H28N2O. The Balaban J connectivity index is 1.86. The van der Waals surface area contributed by atoms with Crippen molar-refractivity contribution in [2.24, 2.45) is 5.92 Å². The summed E-state index contributed by atoms with van der Waals surface area (Å²) in [5.74, 6) is 1.83. The summed E-state index contributed by atoms with van der Waals surface area (Å²) in [5, 5.41) is 3.74. The van der Waals surface area contributed by atoms with Gasteiger partial charge >= 0.3 is 0 Å². The first-order valence-corrected chi connectivity index (χ1v) is 8.37. The highest BCUT2D eigenvalue weighted by Gasteiger charge is 2.35. The number of nitrogens with one attached hydrogen (secondary N) is 1. The van der Waals surface area contributed by atoms with Gasteiger partial charge in [-0.3, -0.25) is 4.90 Å². The maximum Gasteiger partial charge on any atom is 0.119 e. The molecule has 0 saturated carbocycles. The molecule has 1 saturated heterocycles. The summed E-state index contributed by atoms with van der Waals surface area (Å²) >= 11 is 0. The minimum absolute atomic E-state index is 0.468. The van der Waals surface area contributed by atoms with E-state index in [1.807, 2.05) is 0 Å². The van der Waals surface area contributed by atoms with Crippen molar-refractivity contribution in [3.05, 3.63) is 29.3 Å². The van der Waals surface area contributed by atoms with Crippen LogP contribution >= 0.6 is 0 Å². The molecule has 3 nitrogen and oxygen atoms in total. The summed E-state index contributed by atoms with van der Waals surface area (Å²) < 4.78 is 5.39. The van der Waals surface area contributed by atoms with Crippen LogP contribution in [-0.4, -0.2) is 37.7 Å².